The number of aliphatic hydroxyl groups is 4. The molecular formula is C22H14ClF3N2O5. The fourth-order valence-electron chi connectivity index (χ4n) is 3.53. The standard InChI is InChI=1S/C22H14ClF3N2O5/c23-11-4-9-14-16(10-11)20(29)28(13-7-5-12(24)6-8-13)27-19(14)15-2-1-3-17(21(25,30)31)18(15)22(26,32)33/h1-10,30-33H. The Morgan fingerprint density at radius 2 is 1.55 bits per heavy atom. The van der Waals surface area contributed by atoms with Gasteiger partial charge in [0.05, 0.1) is 27.9 Å². The third kappa shape index (κ3) is 4.22. The Labute approximate surface area is 188 Å². The van der Waals surface area contributed by atoms with E-state index in [9.17, 15) is 38.4 Å². The summed E-state index contributed by atoms with van der Waals surface area (Å²) in [6, 6.07) is 3.21. The van der Waals surface area contributed by atoms with Gasteiger partial charge in [-0.15, -0.1) is 0 Å². The Bertz CT molecular complexity index is 1430. The number of nitrogens with zero attached hydrogens (tertiary/aromatic N) is 2. The lowest BCUT2D eigenvalue weighted by Gasteiger charge is -2.24. The number of hydrogen-bond donors (Lipinski definition) is 4. The van der Waals surface area contributed by atoms with Gasteiger partial charge in [-0.3, -0.25) is 4.79 Å². The molecule has 3 aromatic carbocycles. The number of rotatable bonds is 4. The molecule has 33 heavy (non-hydrogen) atoms. The summed E-state index contributed by atoms with van der Waals surface area (Å²) in [6.45, 7) is 0. The van der Waals surface area contributed by atoms with Crippen LogP contribution in [0.1, 0.15) is 11.1 Å². The number of fused-ring (bicyclic) bond motifs is 1. The Morgan fingerprint density at radius 1 is 0.879 bits per heavy atom. The minimum Gasteiger partial charge on any atom is -0.336 e. The van der Waals surface area contributed by atoms with Gasteiger partial charge in [-0.05, 0) is 36.4 Å². The minimum atomic E-state index is -4.23. The molecular weight excluding hydrogens is 465 g/mol. The summed E-state index contributed by atoms with van der Waals surface area (Å²) in [6.07, 6.45) is 0. The highest BCUT2D eigenvalue weighted by Gasteiger charge is 2.40. The molecule has 0 unspecified atom stereocenters. The first-order valence-corrected chi connectivity index (χ1v) is 9.66. The molecule has 0 saturated carbocycles. The Kier molecular flexibility index (Phi) is 5.51. The van der Waals surface area contributed by atoms with Crippen LogP contribution in [-0.2, 0) is 12.1 Å². The van der Waals surface area contributed by atoms with Crippen LogP contribution in [0.2, 0.25) is 5.02 Å². The summed E-state index contributed by atoms with van der Waals surface area (Å²) >= 11 is 6.02. The van der Waals surface area contributed by atoms with Crippen molar-refractivity contribution < 1.29 is 33.6 Å². The van der Waals surface area contributed by atoms with Crippen molar-refractivity contribution in [2.45, 2.75) is 12.1 Å². The predicted octanol–water partition coefficient (Wildman–Crippen LogP) is 2.97. The van der Waals surface area contributed by atoms with Crippen LogP contribution in [0.3, 0.4) is 0 Å². The molecule has 1 heterocycles. The zero-order chi connectivity index (χ0) is 24.1. The molecule has 0 spiro atoms. The Hall–Kier alpha value is -3.28. The molecule has 4 rings (SSSR count). The maximum atomic E-state index is 14.4. The smallest absolute Gasteiger partial charge is 0.336 e. The number of alkyl halides is 2. The average Bonchev–Trinajstić information content (AvgIpc) is 2.73. The quantitative estimate of drug-likeness (QED) is 0.335. The summed E-state index contributed by atoms with van der Waals surface area (Å²) < 4.78 is 42.7. The SMILES string of the molecule is O=c1c2cc(Cl)ccc2c(-c2cccc(C(O)(O)F)c2C(O)(O)F)nn1-c1ccc(F)cc1. The van der Waals surface area contributed by atoms with Gasteiger partial charge in [0.2, 0.25) is 0 Å². The van der Waals surface area contributed by atoms with E-state index in [0.29, 0.717) is 0 Å². The van der Waals surface area contributed by atoms with Crippen LogP contribution in [0.4, 0.5) is 13.2 Å². The number of hydrogen-bond acceptors (Lipinski definition) is 6. The molecule has 0 atom stereocenters. The summed E-state index contributed by atoms with van der Waals surface area (Å²) in [4.78, 5) is 13.1. The molecule has 0 aliphatic heterocycles. The molecule has 0 saturated heterocycles. The van der Waals surface area contributed by atoms with E-state index in [1.165, 1.54) is 30.3 Å². The first kappa shape index (κ1) is 22.9. The van der Waals surface area contributed by atoms with Crippen molar-refractivity contribution in [1.29, 1.82) is 0 Å². The fraction of sp³-hybridized carbons (Fsp3) is 0.0909. The van der Waals surface area contributed by atoms with Crippen molar-refractivity contribution in [2.75, 3.05) is 0 Å². The van der Waals surface area contributed by atoms with E-state index in [-0.39, 0.29) is 27.2 Å². The third-order valence-electron chi connectivity index (χ3n) is 4.91. The van der Waals surface area contributed by atoms with E-state index in [4.69, 9.17) is 11.6 Å². The second kappa shape index (κ2) is 7.94. The summed E-state index contributed by atoms with van der Waals surface area (Å²) in [5.41, 5.74) is -3.75. The molecule has 170 valence electrons. The minimum absolute atomic E-state index is 0.0342. The van der Waals surface area contributed by atoms with Crippen molar-refractivity contribution in [1.82, 2.24) is 9.78 Å². The van der Waals surface area contributed by atoms with E-state index in [1.807, 2.05) is 0 Å². The van der Waals surface area contributed by atoms with Gasteiger partial charge in [0.1, 0.15) is 5.82 Å². The lowest BCUT2D eigenvalue weighted by molar-refractivity contribution is -0.290. The molecule has 0 aliphatic carbocycles. The molecule has 4 aromatic rings. The maximum Gasteiger partial charge on any atom is 0.345 e. The maximum absolute atomic E-state index is 14.4. The molecule has 0 bridgehead atoms. The number of benzene rings is 3. The van der Waals surface area contributed by atoms with Gasteiger partial charge >= 0.3 is 12.1 Å². The van der Waals surface area contributed by atoms with Crippen LogP contribution in [0.25, 0.3) is 27.7 Å². The van der Waals surface area contributed by atoms with Gasteiger partial charge in [-0.25, -0.2) is 4.39 Å². The largest absolute Gasteiger partial charge is 0.345 e. The van der Waals surface area contributed by atoms with Crippen molar-refractivity contribution in [2.24, 2.45) is 0 Å². The van der Waals surface area contributed by atoms with E-state index in [2.05, 4.69) is 5.10 Å². The van der Waals surface area contributed by atoms with Crippen LogP contribution < -0.4 is 5.56 Å². The third-order valence-corrected chi connectivity index (χ3v) is 5.15. The lowest BCUT2D eigenvalue weighted by atomic mass is 9.94. The Morgan fingerprint density at radius 3 is 2.15 bits per heavy atom. The molecule has 0 radical (unpaired) electrons. The topological polar surface area (TPSA) is 116 Å². The molecule has 0 fully saturated rings. The van der Waals surface area contributed by atoms with E-state index in [1.54, 1.807) is 0 Å². The van der Waals surface area contributed by atoms with E-state index >= 15 is 0 Å². The molecule has 1 aromatic heterocycles. The van der Waals surface area contributed by atoms with Gasteiger partial charge in [-0.2, -0.15) is 18.6 Å². The molecule has 7 nitrogen and oxygen atoms in total. The summed E-state index contributed by atoms with van der Waals surface area (Å²) in [5, 5.41) is 42.6. The van der Waals surface area contributed by atoms with Crippen molar-refractivity contribution in [3.8, 4) is 16.9 Å². The van der Waals surface area contributed by atoms with Gasteiger partial charge in [0, 0.05) is 16.0 Å². The normalized spacial score (nSPS) is 12.4. The highest BCUT2D eigenvalue weighted by molar-refractivity contribution is 6.31. The van der Waals surface area contributed by atoms with Gasteiger partial charge in [0.25, 0.3) is 5.56 Å². The van der Waals surface area contributed by atoms with E-state index < -0.39 is 40.1 Å². The van der Waals surface area contributed by atoms with Crippen LogP contribution in [0, 0.1) is 5.82 Å². The van der Waals surface area contributed by atoms with Crippen LogP contribution >= 0.6 is 11.6 Å². The van der Waals surface area contributed by atoms with Crippen molar-refractivity contribution >= 4 is 22.4 Å². The van der Waals surface area contributed by atoms with Crippen LogP contribution in [0.5, 0.6) is 0 Å². The molecule has 4 N–H and O–H groups in total. The monoisotopic (exact) mass is 478 g/mol. The van der Waals surface area contributed by atoms with E-state index in [0.717, 1.165) is 35.0 Å². The predicted molar refractivity (Wildman–Crippen MR) is 112 cm³/mol. The Balaban J connectivity index is 2.16. The fourth-order valence-corrected chi connectivity index (χ4v) is 3.70. The first-order chi connectivity index (χ1) is 15.4. The van der Waals surface area contributed by atoms with Crippen molar-refractivity contribution in [3.63, 3.8) is 0 Å². The number of halogens is 4. The zero-order valence-electron chi connectivity index (χ0n) is 16.4. The second-order valence-electron chi connectivity index (χ2n) is 7.13. The first-order valence-electron chi connectivity index (χ1n) is 9.28. The lowest BCUT2D eigenvalue weighted by Crippen LogP contribution is -2.29. The van der Waals surface area contributed by atoms with Crippen LogP contribution in [-0.4, -0.2) is 30.2 Å². The highest BCUT2D eigenvalue weighted by atomic mass is 35.5. The molecule has 0 aliphatic rings. The van der Waals surface area contributed by atoms with Gasteiger partial charge in [0.15, 0.2) is 0 Å². The van der Waals surface area contributed by atoms with Gasteiger partial charge < -0.3 is 20.4 Å². The van der Waals surface area contributed by atoms with Crippen LogP contribution in [0.15, 0.2) is 65.5 Å². The highest BCUT2D eigenvalue weighted by Crippen LogP contribution is 2.39. The summed E-state index contributed by atoms with van der Waals surface area (Å²) in [5.74, 6) is -0.584. The molecule has 0 amide bonds. The number of aromatic nitrogens is 2. The zero-order valence-corrected chi connectivity index (χ0v) is 17.1. The second-order valence-corrected chi connectivity index (χ2v) is 7.57. The van der Waals surface area contributed by atoms with Gasteiger partial charge in [-0.1, -0.05) is 35.9 Å². The summed E-state index contributed by atoms with van der Waals surface area (Å²) in [7, 11) is 0. The van der Waals surface area contributed by atoms with Crippen molar-refractivity contribution in [3.05, 3.63) is 93.0 Å². The average molecular weight is 479 g/mol. The molecule has 11 heteroatoms.